The van der Waals surface area contributed by atoms with E-state index < -0.39 is 11.4 Å². The maximum atomic E-state index is 13.3. The van der Waals surface area contributed by atoms with Crippen LogP contribution < -0.4 is 10.9 Å². The number of anilines is 1. The number of carbonyl (C=O) groups excluding carboxylic acids is 1. The first-order valence-electron chi connectivity index (χ1n) is 8.44. The molecule has 0 radical (unpaired) electrons. The van der Waals surface area contributed by atoms with Gasteiger partial charge < -0.3 is 9.73 Å². The molecule has 26 heavy (non-hydrogen) atoms. The Kier molecular flexibility index (Phi) is 4.89. The third-order valence-corrected chi connectivity index (χ3v) is 4.52. The number of nitrogens with one attached hydrogen (secondary N) is 1. The molecule has 1 N–H and O–H groups in total. The predicted octanol–water partition coefficient (Wildman–Crippen LogP) is 4.43. The maximum absolute atomic E-state index is 13.3. The first kappa shape index (κ1) is 17.9. The Labute approximate surface area is 150 Å². The molecule has 0 unspecified atom stereocenters. The molecule has 0 fully saturated rings. The minimum absolute atomic E-state index is 0.110. The highest BCUT2D eigenvalue weighted by Crippen LogP contribution is 2.22. The molecule has 0 atom stereocenters. The number of rotatable bonds is 4. The average molecular weight is 353 g/mol. The average Bonchev–Trinajstić information content (AvgIpc) is 2.57. The van der Waals surface area contributed by atoms with Crippen LogP contribution in [0.2, 0.25) is 0 Å². The van der Waals surface area contributed by atoms with Crippen LogP contribution in [0.5, 0.6) is 0 Å². The van der Waals surface area contributed by atoms with Crippen LogP contribution >= 0.6 is 0 Å². The molecule has 3 aromatic rings. The molecule has 0 aliphatic carbocycles. The topological polar surface area (TPSA) is 59.3 Å². The van der Waals surface area contributed by atoms with E-state index in [1.54, 1.807) is 13.0 Å². The van der Waals surface area contributed by atoms with Crippen LogP contribution in [0.15, 0.2) is 45.6 Å². The summed E-state index contributed by atoms with van der Waals surface area (Å²) < 4.78 is 18.7. The fourth-order valence-corrected chi connectivity index (χ4v) is 2.97. The lowest BCUT2D eigenvalue weighted by Crippen LogP contribution is -2.17. The van der Waals surface area contributed by atoms with Gasteiger partial charge in [-0.25, -0.2) is 9.18 Å². The fourth-order valence-electron chi connectivity index (χ4n) is 2.97. The summed E-state index contributed by atoms with van der Waals surface area (Å²) in [6.45, 7) is 5.58. The molecule has 0 aliphatic rings. The number of aryl methyl sites for hydroxylation is 3. The highest BCUT2D eigenvalue weighted by Gasteiger charge is 2.14. The summed E-state index contributed by atoms with van der Waals surface area (Å²) in [7, 11) is 0. The van der Waals surface area contributed by atoms with Crippen LogP contribution in [0.4, 0.5) is 10.1 Å². The Hall–Kier alpha value is -2.95. The quantitative estimate of drug-likeness (QED) is 0.706. The molecule has 3 rings (SSSR count). The predicted molar refractivity (Wildman–Crippen MR) is 100 cm³/mol. The fraction of sp³-hybridized carbons (Fsp3) is 0.238. The molecule has 4 nitrogen and oxygen atoms in total. The zero-order valence-corrected chi connectivity index (χ0v) is 15.0. The van der Waals surface area contributed by atoms with Crippen molar-refractivity contribution >= 4 is 22.6 Å². The number of benzene rings is 2. The van der Waals surface area contributed by atoms with Gasteiger partial charge in [-0.05, 0) is 62.1 Å². The lowest BCUT2D eigenvalue weighted by Gasteiger charge is -2.10. The summed E-state index contributed by atoms with van der Waals surface area (Å²) in [5.74, 6) is -0.686. The molecular weight excluding hydrogens is 333 g/mol. The van der Waals surface area contributed by atoms with Gasteiger partial charge in [0.2, 0.25) is 5.91 Å². The molecule has 2 aromatic carbocycles. The second kappa shape index (κ2) is 7.12. The van der Waals surface area contributed by atoms with E-state index in [2.05, 4.69) is 5.32 Å². The summed E-state index contributed by atoms with van der Waals surface area (Å²) in [4.78, 5) is 24.5. The van der Waals surface area contributed by atoms with Crippen LogP contribution in [0, 0.1) is 26.6 Å². The normalized spacial score (nSPS) is 10.9. The Morgan fingerprint density at radius 3 is 2.65 bits per heavy atom. The second-order valence-electron chi connectivity index (χ2n) is 6.50. The van der Waals surface area contributed by atoms with E-state index in [0.717, 1.165) is 22.1 Å². The molecular formula is C21H20FNO3. The number of fused-ring (bicyclic) bond motifs is 1. The minimum atomic E-state index is -0.421. The number of halogens is 1. The Bertz CT molecular complexity index is 1050. The van der Waals surface area contributed by atoms with Crippen LogP contribution in [-0.2, 0) is 11.2 Å². The van der Waals surface area contributed by atoms with Crippen molar-refractivity contribution < 1.29 is 13.6 Å². The van der Waals surface area contributed by atoms with Gasteiger partial charge in [-0.3, -0.25) is 4.79 Å². The molecule has 134 valence electrons. The van der Waals surface area contributed by atoms with E-state index in [1.165, 1.54) is 12.1 Å². The van der Waals surface area contributed by atoms with Gasteiger partial charge >= 0.3 is 5.63 Å². The van der Waals surface area contributed by atoms with E-state index in [-0.39, 0.29) is 18.7 Å². The molecule has 0 bridgehead atoms. The van der Waals surface area contributed by atoms with Crippen molar-refractivity contribution in [3.05, 3.63) is 74.9 Å². The monoisotopic (exact) mass is 353 g/mol. The van der Waals surface area contributed by atoms with Crippen LogP contribution in [0.3, 0.4) is 0 Å². The lowest BCUT2D eigenvalue weighted by atomic mass is 10.0. The summed E-state index contributed by atoms with van der Waals surface area (Å²) in [5.41, 5.74) is 3.67. The number of hydrogen-bond donors (Lipinski definition) is 1. The number of hydrogen-bond acceptors (Lipinski definition) is 3. The van der Waals surface area contributed by atoms with E-state index in [1.807, 2.05) is 32.0 Å². The van der Waals surface area contributed by atoms with Crippen LogP contribution in [-0.4, -0.2) is 5.91 Å². The minimum Gasteiger partial charge on any atom is -0.423 e. The van der Waals surface area contributed by atoms with E-state index in [9.17, 15) is 14.0 Å². The van der Waals surface area contributed by atoms with Crippen molar-refractivity contribution in [2.75, 3.05) is 5.32 Å². The van der Waals surface area contributed by atoms with Crippen molar-refractivity contribution in [2.24, 2.45) is 0 Å². The van der Waals surface area contributed by atoms with Crippen molar-refractivity contribution in [3.8, 4) is 0 Å². The van der Waals surface area contributed by atoms with Crippen molar-refractivity contribution in [3.63, 3.8) is 0 Å². The molecule has 5 heteroatoms. The van der Waals surface area contributed by atoms with Crippen LogP contribution in [0.25, 0.3) is 11.0 Å². The standard InChI is InChI=1S/C21H20FNO3/c1-12-4-7-16-14(3)17(21(25)26-19(16)10-12)8-9-20(24)23-18-11-15(22)6-5-13(18)2/h4-7,10-11H,8-9H2,1-3H3,(H,23,24). The van der Waals surface area contributed by atoms with Gasteiger partial charge in [0, 0.05) is 23.1 Å². The first-order chi connectivity index (χ1) is 12.3. The molecule has 0 saturated heterocycles. The second-order valence-corrected chi connectivity index (χ2v) is 6.50. The zero-order chi connectivity index (χ0) is 18.8. The summed E-state index contributed by atoms with van der Waals surface area (Å²) in [6, 6.07) is 9.94. The third-order valence-electron chi connectivity index (χ3n) is 4.52. The van der Waals surface area contributed by atoms with Gasteiger partial charge in [-0.15, -0.1) is 0 Å². The number of amides is 1. The van der Waals surface area contributed by atoms with Crippen molar-refractivity contribution in [1.82, 2.24) is 0 Å². The third kappa shape index (κ3) is 3.67. The van der Waals surface area contributed by atoms with Gasteiger partial charge in [0.25, 0.3) is 0 Å². The zero-order valence-electron chi connectivity index (χ0n) is 15.0. The molecule has 0 spiro atoms. The summed E-state index contributed by atoms with van der Waals surface area (Å²) in [6.07, 6.45) is 0.372. The van der Waals surface area contributed by atoms with Crippen molar-refractivity contribution in [2.45, 2.75) is 33.6 Å². The Morgan fingerprint density at radius 1 is 1.12 bits per heavy atom. The molecule has 0 saturated carbocycles. The number of carbonyl (C=O) groups is 1. The highest BCUT2D eigenvalue weighted by atomic mass is 19.1. The van der Waals surface area contributed by atoms with Gasteiger partial charge in [-0.2, -0.15) is 0 Å². The SMILES string of the molecule is Cc1ccc2c(C)c(CCC(=O)Nc3cc(F)ccc3C)c(=O)oc2c1. The van der Waals surface area contributed by atoms with E-state index in [4.69, 9.17) is 4.42 Å². The molecule has 1 heterocycles. The van der Waals surface area contributed by atoms with E-state index >= 15 is 0 Å². The highest BCUT2D eigenvalue weighted by molar-refractivity contribution is 5.91. The van der Waals surface area contributed by atoms with Gasteiger partial charge in [0.15, 0.2) is 0 Å². The van der Waals surface area contributed by atoms with Crippen LogP contribution in [0.1, 0.15) is 28.7 Å². The van der Waals surface area contributed by atoms with E-state index in [0.29, 0.717) is 16.8 Å². The Morgan fingerprint density at radius 2 is 1.88 bits per heavy atom. The van der Waals surface area contributed by atoms with Crippen molar-refractivity contribution in [1.29, 1.82) is 0 Å². The maximum Gasteiger partial charge on any atom is 0.339 e. The molecule has 0 aliphatic heterocycles. The smallest absolute Gasteiger partial charge is 0.339 e. The molecule has 1 aromatic heterocycles. The Balaban J connectivity index is 1.79. The largest absolute Gasteiger partial charge is 0.423 e. The lowest BCUT2D eigenvalue weighted by molar-refractivity contribution is -0.116. The van der Waals surface area contributed by atoms with Gasteiger partial charge in [-0.1, -0.05) is 18.2 Å². The summed E-state index contributed by atoms with van der Waals surface area (Å²) in [5, 5.41) is 3.56. The summed E-state index contributed by atoms with van der Waals surface area (Å²) >= 11 is 0. The van der Waals surface area contributed by atoms with Gasteiger partial charge in [0.05, 0.1) is 0 Å². The van der Waals surface area contributed by atoms with Gasteiger partial charge in [0.1, 0.15) is 11.4 Å². The molecule has 1 amide bonds. The first-order valence-corrected chi connectivity index (χ1v) is 8.44.